The Kier molecular flexibility index (Phi) is 4.73. The Hall–Kier alpha value is -0.750. The summed E-state index contributed by atoms with van der Waals surface area (Å²) in [4.78, 5) is 25.7. The zero-order valence-electron chi connectivity index (χ0n) is 11.4. The van der Waals surface area contributed by atoms with Crippen LogP contribution in [0.1, 0.15) is 32.6 Å². The van der Waals surface area contributed by atoms with Gasteiger partial charge in [-0.1, -0.05) is 13.3 Å². The maximum absolute atomic E-state index is 12.8. The van der Waals surface area contributed by atoms with Gasteiger partial charge in [0.05, 0.1) is 11.3 Å². The first-order valence-corrected chi connectivity index (χ1v) is 8.08. The predicted molar refractivity (Wildman–Crippen MR) is 75.0 cm³/mol. The van der Waals surface area contributed by atoms with Gasteiger partial charge in [0.25, 0.3) is 0 Å². The lowest BCUT2D eigenvalue weighted by Crippen LogP contribution is -2.54. The summed E-state index contributed by atoms with van der Waals surface area (Å²) in [5, 5.41) is 12.5. The molecule has 0 aliphatic carbocycles. The zero-order valence-corrected chi connectivity index (χ0v) is 12.2. The summed E-state index contributed by atoms with van der Waals surface area (Å²) in [5.41, 5.74) is -0.383. The van der Waals surface area contributed by atoms with Crippen LogP contribution in [0.2, 0.25) is 0 Å². The maximum Gasteiger partial charge on any atom is 0.327 e. The molecule has 2 saturated heterocycles. The van der Waals surface area contributed by atoms with Gasteiger partial charge in [0.2, 0.25) is 5.91 Å². The van der Waals surface area contributed by atoms with E-state index >= 15 is 0 Å². The molecule has 2 heterocycles. The smallest absolute Gasteiger partial charge is 0.327 e. The average molecular weight is 286 g/mol. The van der Waals surface area contributed by atoms with E-state index in [1.165, 1.54) is 11.8 Å². The van der Waals surface area contributed by atoms with Gasteiger partial charge in [-0.15, -0.1) is 11.8 Å². The normalized spacial score (nSPS) is 31.4. The van der Waals surface area contributed by atoms with E-state index in [2.05, 4.69) is 12.2 Å². The van der Waals surface area contributed by atoms with Gasteiger partial charge in [-0.3, -0.25) is 4.79 Å². The van der Waals surface area contributed by atoms with Gasteiger partial charge < -0.3 is 15.3 Å². The summed E-state index contributed by atoms with van der Waals surface area (Å²) in [6, 6.07) is -0.645. The minimum absolute atomic E-state index is 0.0407. The molecule has 2 aliphatic heterocycles. The molecular weight excluding hydrogens is 264 g/mol. The molecule has 2 fully saturated rings. The third-order valence-electron chi connectivity index (χ3n) is 4.08. The van der Waals surface area contributed by atoms with Crippen LogP contribution < -0.4 is 5.32 Å². The van der Waals surface area contributed by atoms with E-state index < -0.39 is 12.0 Å². The molecular formula is C13H22N2O3S. The first-order valence-electron chi connectivity index (χ1n) is 6.93. The van der Waals surface area contributed by atoms with Crippen molar-refractivity contribution >= 4 is 23.6 Å². The highest BCUT2D eigenvalue weighted by Gasteiger charge is 2.46. The number of rotatable bonds is 4. The molecule has 2 aliphatic rings. The molecule has 2 atom stereocenters. The second-order valence-corrected chi connectivity index (χ2v) is 6.44. The van der Waals surface area contributed by atoms with Crippen molar-refractivity contribution in [1.29, 1.82) is 0 Å². The zero-order chi connectivity index (χ0) is 13.9. The summed E-state index contributed by atoms with van der Waals surface area (Å²) in [7, 11) is 0. The number of carbonyl (C=O) groups excluding carboxylic acids is 1. The Labute approximate surface area is 118 Å². The van der Waals surface area contributed by atoms with Crippen molar-refractivity contribution < 1.29 is 14.7 Å². The highest BCUT2D eigenvalue weighted by molar-refractivity contribution is 7.99. The van der Waals surface area contributed by atoms with Gasteiger partial charge in [-0.05, 0) is 25.8 Å². The third kappa shape index (κ3) is 2.89. The minimum Gasteiger partial charge on any atom is -0.480 e. The second kappa shape index (κ2) is 6.13. The van der Waals surface area contributed by atoms with E-state index in [9.17, 15) is 14.7 Å². The van der Waals surface area contributed by atoms with Crippen molar-refractivity contribution in [1.82, 2.24) is 10.2 Å². The molecule has 2 rings (SSSR count). The number of carboxylic acid groups (broad SMARTS) is 1. The van der Waals surface area contributed by atoms with Crippen LogP contribution >= 0.6 is 11.8 Å². The summed E-state index contributed by atoms with van der Waals surface area (Å²) in [6.45, 7) is 3.72. The van der Waals surface area contributed by atoms with Crippen LogP contribution in [0.4, 0.5) is 0 Å². The van der Waals surface area contributed by atoms with E-state index in [0.717, 1.165) is 32.2 Å². The SMILES string of the molecule is CCCC1(C(=O)N2CSCC2C(=O)O)CCCNC1. The number of thioether (sulfide) groups is 1. The first-order chi connectivity index (χ1) is 9.10. The number of amides is 1. The summed E-state index contributed by atoms with van der Waals surface area (Å²) < 4.78 is 0. The molecule has 0 bridgehead atoms. The molecule has 0 aromatic heterocycles. The average Bonchev–Trinajstić information content (AvgIpc) is 2.88. The lowest BCUT2D eigenvalue weighted by Gasteiger charge is -2.39. The maximum atomic E-state index is 12.8. The monoisotopic (exact) mass is 286 g/mol. The fourth-order valence-corrected chi connectivity index (χ4v) is 4.25. The number of nitrogens with one attached hydrogen (secondary N) is 1. The lowest BCUT2D eigenvalue weighted by molar-refractivity contribution is -0.153. The summed E-state index contributed by atoms with van der Waals surface area (Å²) >= 11 is 1.53. The fourth-order valence-electron chi connectivity index (χ4n) is 3.10. The molecule has 0 spiro atoms. The molecule has 6 heteroatoms. The van der Waals surface area contributed by atoms with Crippen LogP contribution in [0.15, 0.2) is 0 Å². The molecule has 0 aromatic carbocycles. The highest BCUT2D eigenvalue weighted by atomic mass is 32.2. The van der Waals surface area contributed by atoms with Crippen molar-refractivity contribution in [2.45, 2.75) is 38.6 Å². The Balaban J connectivity index is 2.16. The quantitative estimate of drug-likeness (QED) is 0.811. The van der Waals surface area contributed by atoms with E-state index in [1.807, 2.05) is 0 Å². The Morgan fingerprint density at radius 1 is 1.53 bits per heavy atom. The van der Waals surface area contributed by atoms with Crippen molar-refractivity contribution in [3.8, 4) is 0 Å². The molecule has 108 valence electrons. The number of hydrogen-bond donors (Lipinski definition) is 2. The van der Waals surface area contributed by atoms with Crippen molar-refractivity contribution in [3.63, 3.8) is 0 Å². The van der Waals surface area contributed by atoms with Crippen LogP contribution in [-0.4, -0.2) is 52.6 Å². The van der Waals surface area contributed by atoms with Crippen LogP contribution in [0, 0.1) is 5.41 Å². The molecule has 19 heavy (non-hydrogen) atoms. The van der Waals surface area contributed by atoms with Crippen LogP contribution in [0.25, 0.3) is 0 Å². The van der Waals surface area contributed by atoms with E-state index in [1.54, 1.807) is 4.90 Å². The predicted octanol–water partition coefficient (Wildman–Crippen LogP) is 1.14. The summed E-state index contributed by atoms with van der Waals surface area (Å²) in [6.07, 6.45) is 3.66. The van der Waals surface area contributed by atoms with E-state index in [4.69, 9.17) is 0 Å². The Morgan fingerprint density at radius 3 is 2.89 bits per heavy atom. The Bertz CT molecular complexity index is 350. The van der Waals surface area contributed by atoms with Gasteiger partial charge >= 0.3 is 5.97 Å². The van der Waals surface area contributed by atoms with Crippen LogP contribution in [0.5, 0.6) is 0 Å². The number of nitrogens with zero attached hydrogens (tertiary/aromatic N) is 1. The lowest BCUT2D eigenvalue weighted by atomic mass is 9.75. The number of aliphatic carboxylic acids is 1. The third-order valence-corrected chi connectivity index (χ3v) is 5.09. The van der Waals surface area contributed by atoms with Crippen molar-refractivity contribution in [3.05, 3.63) is 0 Å². The van der Waals surface area contributed by atoms with Gasteiger partial charge in [-0.25, -0.2) is 4.79 Å². The fraction of sp³-hybridized carbons (Fsp3) is 0.846. The van der Waals surface area contributed by atoms with E-state index in [0.29, 0.717) is 18.2 Å². The minimum atomic E-state index is -0.881. The van der Waals surface area contributed by atoms with Gasteiger partial charge in [0, 0.05) is 12.3 Å². The van der Waals surface area contributed by atoms with Crippen LogP contribution in [-0.2, 0) is 9.59 Å². The standard InChI is InChI=1S/C13H22N2O3S/c1-2-4-13(5-3-6-14-8-13)12(18)15-9-19-7-10(15)11(16)17/h10,14H,2-9H2,1H3,(H,16,17). The van der Waals surface area contributed by atoms with Crippen molar-refractivity contribution in [2.75, 3.05) is 24.7 Å². The molecule has 2 unspecified atom stereocenters. The number of carbonyl (C=O) groups is 2. The van der Waals surface area contributed by atoms with E-state index in [-0.39, 0.29) is 11.3 Å². The van der Waals surface area contributed by atoms with Gasteiger partial charge in [0.1, 0.15) is 6.04 Å². The van der Waals surface area contributed by atoms with Gasteiger partial charge in [0.15, 0.2) is 0 Å². The Morgan fingerprint density at radius 2 is 2.32 bits per heavy atom. The summed E-state index contributed by atoms with van der Waals surface area (Å²) in [5.74, 6) is 0.186. The molecule has 2 N–H and O–H groups in total. The molecule has 0 saturated carbocycles. The molecule has 0 aromatic rings. The number of carboxylic acids is 1. The first kappa shape index (κ1) is 14.7. The highest BCUT2D eigenvalue weighted by Crippen LogP contribution is 2.36. The number of piperidine rings is 1. The van der Waals surface area contributed by atoms with Gasteiger partial charge in [-0.2, -0.15) is 0 Å². The molecule has 0 radical (unpaired) electrons. The molecule has 5 nitrogen and oxygen atoms in total. The molecule has 1 amide bonds. The topological polar surface area (TPSA) is 69.6 Å². The second-order valence-electron chi connectivity index (χ2n) is 5.44. The largest absolute Gasteiger partial charge is 0.480 e. The van der Waals surface area contributed by atoms with Crippen molar-refractivity contribution in [2.24, 2.45) is 5.41 Å². The number of hydrogen-bond acceptors (Lipinski definition) is 4. The van der Waals surface area contributed by atoms with Crippen LogP contribution in [0.3, 0.4) is 0 Å².